The van der Waals surface area contributed by atoms with Crippen molar-refractivity contribution in [2.75, 3.05) is 13.1 Å². The highest BCUT2D eigenvalue weighted by Crippen LogP contribution is 2.15. The third-order valence-electron chi connectivity index (χ3n) is 2.58. The number of likely N-dealkylation sites (tertiary alicyclic amines) is 1. The maximum atomic E-state index is 11.6. The number of esters is 1. The van der Waals surface area contributed by atoms with Crippen LogP contribution < -0.4 is 0 Å². The number of ether oxygens (including phenoxy) is 1. The number of ketones is 1. The van der Waals surface area contributed by atoms with Crippen LogP contribution in [-0.2, 0) is 19.1 Å². The van der Waals surface area contributed by atoms with Crippen molar-refractivity contribution in [3.63, 3.8) is 0 Å². The van der Waals surface area contributed by atoms with E-state index < -0.39 is 23.6 Å². The highest BCUT2D eigenvalue weighted by Gasteiger charge is 2.34. The van der Waals surface area contributed by atoms with Gasteiger partial charge in [-0.15, -0.1) is 0 Å². The smallest absolute Gasteiger partial charge is 0.321 e. The molecule has 0 aromatic carbocycles. The van der Waals surface area contributed by atoms with Gasteiger partial charge < -0.3 is 9.84 Å². The largest absolute Gasteiger partial charge is 0.480 e. The lowest BCUT2D eigenvalue weighted by atomic mass is 10.0. The molecule has 0 radical (unpaired) electrons. The van der Waals surface area contributed by atoms with E-state index in [0.29, 0.717) is 0 Å². The van der Waals surface area contributed by atoms with Crippen molar-refractivity contribution in [1.29, 1.82) is 0 Å². The van der Waals surface area contributed by atoms with Gasteiger partial charge in [0.15, 0.2) is 0 Å². The van der Waals surface area contributed by atoms with Gasteiger partial charge in [0.1, 0.15) is 17.4 Å². The van der Waals surface area contributed by atoms with E-state index in [4.69, 9.17) is 9.84 Å². The van der Waals surface area contributed by atoms with Gasteiger partial charge in [-0.1, -0.05) is 0 Å². The first-order valence-electron chi connectivity index (χ1n) is 5.89. The van der Waals surface area contributed by atoms with Crippen molar-refractivity contribution >= 4 is 17.7 Å². The Morgan fingerprint density at radius 2 is 2.06 bits per heavy atom. The Balaban J connectivity index is 2.61. The number of hydrogen-bond donors (Lipinski definition) is 1. The number of piperidine rings is 1. The molecule has 102 valence electrons. The van der Waals surface area contributed by atoms with Crippen molar-refractivity contribution in [3.05, 3.63) is 0 Å². The Morgan fingerprint density at radius 1 is 1.44 bits per heavy atom. The summed E-state index contributed by atoms with van der Waals surface area (Å²) in [5.74, 6) is -1.63. The molecule has 6 heteroatoms. The number of nitrogens with zero attached hydrogens (tertiary/aromatic N) is 1. The Kier molecular flexibility index (Phi) is 4.45. The molecule has 0 bridgehead atoms. The Morgan fingerprint density at radius 3 is 2.56 bits per heavy atom. The lowest BCUT2D eigenvalue weighted by molar-refractivity contribution is -0.160. The first-order valence-corrected chi connectivity index (χ1v) is 5.89. The molecule has 18 heavy (non-hydrogen) atoms. The molecule has 0 amide bonds. The molecular weight excluding hydrogens is 238 g/mol. The van der Waals surface area contributed by atoms with E-state index >= 15 is 0 Å². The Bertz CT molecular complexity index is 358. The zero-order valence-corrected chi connectivity index (χ0v) is 10.9. The molecule has 1 rings (SSSR count). The summed E-state index contributed by atoms with van der Waals surface area (Å²) >= 11 is 0. The van der Waals surface area contributed by atoms with Crippen LogP contribution in [0.2, 0.25) is 0 Å². The number of carboxylic acids is 1. The predicted octanol–water partition coefficient (Wildman–Crippen LogP) is 0.446. The highest BCUT2D eigenvalue weighted by atomic mass is 16.6. The van der Waals surface area contributed by atoms with Crippen LogP contribution in [0.25, 0.3) is 0 Å². The monoisotopic (exact) mass is 257 g/mol. The van der Waals surface area contributed by atoms with Gasteiger partial charge in [-0.3, -0.25) is 19.3 Å². The summed E-state index contributed by atoms with van der Waals surface area (Å²) in [7, 11) is 0. The van der Waals surface area contributed by atoms with Crippen LogP contribution in [0.1, 0.15) is 33.6 Å². The average molecular weight is 257 g/mol. The van der Waals surface area contributed by atoms with Crippen LogP contribution >= 0.6 is 0 Å². The van der Waals surface area contributed by atoms with Gasteiger partial charge in [0.05, 0.1) is 6.54 Å². The molecule has 0 spiro atoms. The quantitative estimate of drug-likeness (QED) is 0.739. The van der Waals surface area contributed by atoms with E-state index in [-0.39, 0.29) is 31.7 Å². The first-order chi connectivity index (χ1) is 8.19. The zero-order valence-electron chi connectivity index (χ0n) is 10.9. The number of Topliss-reactive ketones (excluding diaryl/α,β-unsaturated/α-hetero) is 1. The standard InChI is InChI=1S/C12H19NO5/c1-12(2,3)18-10(15)7-13-5-4-8(14)6-9(13)11(16)17/h9H,4-7H2,1-3H3,(H,16,17). The normalized spacial score (nSPS) is 21.7. The van der Waals surface area contributed by atoms with Gasteiger partial charge in [0.25, 0.3) is 0 Å². The maximum Gasteiger partial charge on any atom is 0.321 e. The van der Waals surface area contributed by atoms with Crippen LogP contribution in [0, 0.1) is 0 Å². The van der Waals surface area contributed by atoms with Crippen LogP contribution in [-0.4, -0.2) is 52.5 Å². The minimum atomic E-state index is -1.08. The van der Waals surface area contributed by atoms with Crippen LogP contribution in [0.5, 0.6) is 0 Å². The van der Waals surface area contributed by atoms with Gasteiger partial charge >= 0.3 is 11.9 Å². The molecule has 0 aromatic heterocycles. The third kappa shape index (κ3) is 4.44. The number of carbonyl (C=O) groups is 3. The SMILES string of the molecule is CC(C)(C)OC(=O)CN1CCC(=O)CC1C(=O)O. The molecular formula is C12H19NO5. The molecule has 1 saturated heterocycles. The van der Waals surface area contributed by atoms with Gasteiger partial charge in [0.2, 0.25) is 0 Å². The second-order valence-electron chi connectivity index (χ2n) is 5.40. The molecule has 1 aliphatic rings. The van der Waals surface area contributed by atoms with Gasteiger partial charge in [-0.2, -0.15) is 0 Å². The number of aliphatic carboxylic acids is 1. The molecule has 1 heterocycles. The van der Waals surface area contributed by atoms with Crippen LogP contribution in [0.15, 0.2) is 0 Å². The van der Waals surface area contributed by atoms with Crippen molar-refractivity contribution in [1.82, 2.24) is 4.90 Å². The molecule has 0 aromatic rings. The van der Waals surface area contributed by atoms with Gasteiger partial charge in [0, 0.05) is 19.4 Å². The summed E-state index contributed by atoms with van der Waals surface area (Å²) in [6.07, 6.45) is 0.241. The van der Waals surface area contributed by atoms with Crippen molar-refractivity contribution in [3.8, 4) is 0 Å². The lowest BCUT2D eigenvalue weighted by Gasteiger charge is -2.32. The van der Waals surface area contributed by atoms with Crippen molar-refractivity contribution in [2.24, 2.45) is 0 Å². The number of carbonyl (C=O) groups excluding carboxylic acids is 2. The van der Waals surface area contributed by atoms with E-state index in [1.807, 2.05) is 0 Å². The molecule has 0 aliphatic carbocycles. The second-order valence-corrected chi connectivity index (χ2v) is 5.40. The van der Waals surface area contributed by atoms with Crippen molar-refractivity contribution < 1.29 is 24.2 Å². The van der Waals surface area contributed by atoms with E-state index in [9.17, 15) is 14.4 Å². The van der Waals surface area contributed by atoms with Crippen LogP contribution in [0.4, 0.5) is 0 Å². The number of rotatable bonds is 3. The predicted molar refractivity (Wildman–Crippen MR) is 63.1 cm³/mol. The van der Waals surface area contributed by atoms with Crippen LogP contribution in [0.3, 0.4) is 0 Å². The third-order valence-corrected chi connectivity index (χ3v) is 2.58. The number of carboxylic acid groups (broad SMARTS) is 1. The van der Waals surface area contributed by atoms with E-state index in [1.165, 1.54) is 4.90 Å². The second kappa shape index (κ2) is 5.48. The molecule has 1 fully saturated rings. The Hall–Kier alpha value is -1.43. The summed E-state index contributed by atoms with van der Waals surface area (Å²) in [6, 6.07) is -0.918. The number of hydrogen-bond acceptors (Lipinski definition) is 5. The highest BCUT2D eigenvalue weighted by molar-refractivity contribution is 5.87. The lowest BCUT2D eigenvalue weighted by Crippen LogP contribution is -2.50. The fourth-order valence-electron chi connectivity index (χ4n) is 1.84. The van der Waals surface area contributed by atoms with E-state index in [0.717, 1.165) is 0 Å². The molecule has 1 N–H and O–H groups in total. The summed E-state index contributed by atoms with van der Waals surface area (Å²) in [5, 5.41) is 9.03. The molecule has 1 atom stereocenters. The maximum absolute atomic E-state index is 11.6. The Labute approximate surface area is 106 Å². The average Bonchev–Trinajstić information content (AvgIpc) is 2.17. The summed E-state index contributed by atoms with van der Waals surface area (Å²) in [6.45, 7) is 5.44. The summed E-state index contributed by atoms with van der Waals surface area (Å²) in [4.78, 5) is 35.4. The minimum Gasteiger partial charge on any atom is -0.480 e. The summed E-state index contributed by atoms with van der Waals surface area (Å²) < 4.78 is 5.14. The fraction of sp³-hybridized carbons (Fsp3) is 0.750. The van der Waals surface area contributed by atoms with Gasteiger partial charge in [-0.25, -0.2) is 0 Å². The molecule has 6 nitrogen and oxygen atoms in total. The molecule has 1 unspecified atom stereocenters. The molecule has 1 aliphatic heterocycles. The first kappa shape index (κ1) is 14.6. The van der Waals surface area contributed by atoms with E-state index in [2.05, 4.69) is 0 Å². The summed E-state index contributed by atoms with van der Waals surface area (Å²) in [5.41, 5.74) is -0.596. The zero-order chi connectivity index (χ0) is 13.9. The fourth-order valence-corrected chi connectivity index (χ4v) is 1.84. The topological polar surface area (TPSA) is 83.9 Å². The van der Waals surface area contributed by atoms with E-state index in [1.54, 1.807) is 20.8 Å². The van der Waals surface area contributed by atoms with Crippen molar-refractivity contribution in [2.45, 2.75) is 45.3 Å². The van der Waals surface area contributed by atoms with Gasteiger partial charge in [-0.05, 0) is 20.8 Å². The molecule has 0 saturated carbocycles. The minimum absolute atomic E-state index is 0.0435.